The molecule has 2 aromatic heterocycles. The highest BCUT2D eigenvalue weighted by Gasteiger charge is 2.02. The highest BCUT2D eigenvalue weighted by molar-refractivity contribution is 5.79. The van der Waals surface area contributed by atoms with E-state index in [0.717, 1.165) is 42.5 Å². The van der Waals surface area contributed by atoms with Crippen molar-refractivity contribution in [2.75, 3.05) is 13.1 Å². The second-order valence-corrected chi connectivity index (χ2v) is 5.58. The van der Waals surface area contributed by atoms with Crippen LogP contribution in [0.25, 0.3) is 11.4 Å². The Balaban J connectivity index is 1.59. The van der Waals surface area contributed by atoms with Crippen LogP contribution in [-0.4, -0.2) is 38.8 Å². The first-order chi connectivity index (χ1) is 12.3. The van der Waals surface area contributed by atoms with Crippen molar-refractivity contribution < 1.29 is 0 Å². The fourth-order valence-corrected chi connectivity index (χ4v) is 2.50. The van der Waals surface area contributed by atoms with Gasteiger partial charge in [-0.1, -0.05) is 18.2 Å². The van der Waals surface area contributed by atoms with Crippen LogP contribution in [0.4, 0.5) is 0 Å². The molecule has 0 aliphatic heterocycles. The predicted molar refractivity (Wildman–Crippen MR) is 99.1 cm³/mol. The number of nitrogens with zero attached hydrogens (tertiary/aromatic N) is 4. The quantitative estimate of drug-likeness (QED) is 0.455. The van der Waals surface area contributed by atoms with Crippen LogP contribution in [0.1, 0.15) is 12.5 Å². The summed E-state index contributed by atoms with van der Waals surface area (Å²) in [6.07, 6.45) is 5.62. The summed E-state index contributed by atoms with van der Waals surface area (Å²) >= 11 is 0. The third kappa shape index (κ3) is 4.94. The van der Waals surface area contributed by atoms with Gasteiger partial charge in [-0.15, -0.1) is 0 Å². The zero-order chi connectivity index (χ0) is 17.3. The summed E-state index contributed by atoms with van der Waals surface area (Å²) in [5.41, 5.74) is 2.13. The van der Waals surface area contributed by atoms with E-state index < -0.39 is 0 Å². The van der Waals surface area contributed by atoms with Crippen LogP contribution in [0.15, 0.2) is 60.1 Å². The van der Waals surface area contributed by atoms with Gasteiger partial charge < -0.3 is 15.2 Å². The van der Waals surface area contributed by atoms with Crippen molar-refractivity contribution in [3.05, 3.63) is 60.7 Å². The normalized spacial score (nSPS) is 11.5. The minimum Gasteiger partial charge on any atom is -0.357 e. The molecule has 2 heterocycles. The van der Waals surface area contributed by atoms with Crippen LogP contribution in [0.5, 0.6) is 0 Å². The SMILES string of the molecule is CCNC(=NCc1cccc(-c2ncn[nH]2)c1)NCCn1cccc1. The van der Waals surface area contributed by atoms with E-state index in [-0.39, 0.29) is 0 Å². The molecule has 0 aliphatic carbocycles. The molecule has 0 atom stereocenters. The number of aromatic amines is 1. The molecule has 0 saturated carbocycles. The van der Waals surface area contributed by atoms with Crippen LogP contribution < -0.4 is 10.6 Å². The average molecular weight is 337 g/mol. The van der Waals surface area contributed by atoms with Gasteiger partial charge in [0.1, 0.15) is 6.33 Å². The molecule has 0 aliphatic rings. The molecule has 3 rings (SSSR count). The third-order valence-corrected chi connectivity index (χ3v) is 3.71. The maximum Gasteiger partial charge on any atom is 0.191 e. The summed E-state index contributed by atoms with van der Waals surface area (Å²) < 4.78 is 2.14. The lowest BCUT2D eigenvalue weighted by atomic mass is 10.1. The minimum absolute atomic E-state index is 0.598. The molecular formula is C18H23N7. The van der Waals surface area contributed by atoms with E-state index >= 15 is 0 Å². The van der Waals surface area contributed by atoms with Gasteiger partial charge in [0.2, 0.25) is 0 Å². The Labute approximate surface area is 147 Å². The van der Waals surface area contributed by atoms with Gasteiger partial charge in [0.05, 0.1) is 6.54 Å². The van der Waals surface area contributed by atoms with E-state index in [1.807, 2.05) is 24.3 Å². The molecule has 7 nitrogen and oxygen atoms in total. The van der Waals surface area contributed by atoms with Crippen LogP contribution in [0, 0.1) is 0 Å². The van der Waals surface area contributed by atoms with Crippen LogP contribution in [0.3, 0.4) is 0 Å². The first kappa shape index (κ1) is 16.8. The molecule has 130 valence electrons. The Morgan fingerprint density at radius 1 is 1.20 bits per heavy atom. The van der Waals surface area contributed by atoms with Gasteiger partial charge in [-0.2, -0.15) is 5.10 Å². The van der Waals surface area contributed by atoms with Gasteiger partial charge in [-0.3, -0.25) is 5.10 Å². The van der Waals surface area contributed by atoms with E-state index in [1.165, 1.54) is 6.33 Å². The number of rotatable bonds is 7. The molecule has 0 bridgehead atoms. The van der Waals surface area contributed by atoms with Crippen molar-refractivity contribution in [3.8, 4) is 11.4 Å². The van der Waals surface area contributed by atoms with Crippen molar-refractivity contribution in [1.29, 1.82) is 0 Å². The van der Waals surface area contributed by atoms with Gasteiger partial charge in [-0.25, -0.2) is 9.98 Å². The smallest absolute Gasteiger partial charge is 0.191 e. The van der Waals surface area contributed by atoms with Crippen molar-refractivity contribution in [2.24, 2.45) is 4.99 Å². The zero-order valence-electron chi connectivity index (χ0n) is 14.3. The average Bonchev–Trinajstić information content (AvgIpc) is 3.34. The van der Waals surface area contributed by atoms with Gasteiger partial charge in [0.25, 0.3) is 0 Å². The molecule has 0 radical (unpaired) electrons. The summed E-state index contributed by atoms with van der Waals surface area (Å²) in [5.74, 6) is 1.59. The Morgan fingerprint density at radius 2 is 2.08 bits per heavy atom. The molecule has 25 heavy (non-hydrogen) atoms. The number of H-pyrrole nitrogens is 1. The van der Waals surface area contributed by atoms with E-state index in [4.69, 9.17) is 0 Å². The number of guanidine groups is 1. The molecular weight excluding hydrogens is 314 g/mol. The van der Waals surface area contributed by atoms with Crippen LogP contribution in [0.2, 0.25) is 0 Å². The molecule has 0 unspecified atom stereocenters. The Kier molecular flexibility index (Phi) is 5.82. The second-order valence-electron chi connectivity index (χ2n) is 5.58. The molecule has 3 aromatic rings. The summed E-state index contributed by atoms with van der Waals surface area (Å²) in [4.78, 5) is 8.85. The van der Waals surface area contributed by atoms with Gasteiger partial charge in [-0.05, 0) is 30.7 Å². The standard InChI is InChI=1S/C18H23N7/c1-2-19-18(20-8-11-25-9-3-4-10-25)21-13-15-6-5-7-16(12-15)17-22-14-23-24-17/h3-7,9-10,12,14H,2,8,11,13H2,1H3,(H2,19,20,21)(H,22,23,24). The van der Waals surface area contributed by atoms with Crippen molar-refractivity contribution >= 4 is 5.96 Å². The second kappa shape index (κ2) is 8.68. The molecule has 3 N–H and O–H groups in total. The predicted octanol–water partition coefficient (Wildman–Crippen LogP) is 2.03. The summed E-state index contributed by atoms with van der Waals surface area (Å²) in [7, 11) is 0. The van der Waals surface area contributed by atoms with E-state index in [2.05, 4.69) is 66.8 Å². The number of aliphatic imine (C=N–C) groups is 1. The molecule has 0 amide bonds. The minimum atomic E-state index is 0.598. The molecule has 0 spiro atoms. The fourth-order valence-electron chi connectivity index (χ4n) is 2.50. The van der Waals surface area contributed by atoms with Gasteiger partial charge in [0, 0.05) is 37.6 Å². The number of nitrogens with one attached hydrogen (secondary N) is 3. The lowest BCUT2D eigenvalue weighted by Gasteiger charge is -2.12. The number of hydrogen-bond acceptors (Lipinski definition) is 3. The lowest BCUT2D eigenvalue weighted by molar-refractivity contribution is 0.666. The monoisotopic (exact) mass is 337 g/mol. The van der Waals surface area contributed by atoms with Crippen LogP contribution in [-0.2, 0) is 13.1 Å². The molecule has 0 fully saturated rings. The third-order valence-electron chi connectivity index (χ3n) is 3.71. The maximum absolute atomic E-state index is 4.66. The van der Waals surface area contributed by atoms with Crippen molar-refractivity contribution in [2.45, 2.75) is 20.0 Å². The number of benzene rings is 1. The van der Waals surface area contributed by atoms with Crippen molar-refractivity contribution in [1.82, 2.24) is 30.4 Å². The number of hydrogen-bond donors (Lipinski definition) is 3. The van der Waals surface area contributed by atoms with E-state index in [9.17, 15) is 0 Å². The molecule has 1 aromatic carbocycles. The molecule has 0 saturated heterocycles. The Hall–Kier alpha value is -3.09. The highest BCUT2D eigenvalue weighted by Crippen LogP contribution is 2.15. The van der Waals surface area contributed by atoms with E-state index in [1.54, 1.807) is 0 Å². The summed E-state index contributed by atoms with van der Waals surface area (Å²) in [6.45, 7) is 5.21. The lowest BCUT2D eigenvalue weighted by Crippen LogP contribution is -2.38. The van der Waals surface area contributed by atoms with E-state index in [0.29, 0.717) is 6.54 Å². The molecule has 7 heteroatoms. The largest absolute Gasteiger partial charge is 0.357 e. The summed E-state index contributed by atoms with van der Waals surface area (Å²) in [6, 6.07) is 12.2. The number of aromatic nitrogens is 4. The zero-order valence-corrected chi connectivity index (χ0v) is 14.3. The highest BCUT2D eigenvalue weighted by atomic mass is 15.2. The Bertz CT molecular complexity index is 776. The van der Waals surface area contributed by atoms with Gasteiger partial charge >= 0.3 is 0 Å². The fraction of sp³-hybridized carbons (Fsp3) is 0.278. The first-order valence-electron chi connectivity index (χ1n) is 8.43. The topological polar surface area (TPSA) is 82.9 Å². The van der Waals surface area contributed by atoms with Crippen molar-refractivity contribution in [3.63, 3.8) is 0 Å². The van der Waals surface area contributed by atoms with Crippen LogP contribution >= 0.6 is 0 Å². The summed E-state index contributed by atoms with van der Waals surface area (Å²) in [5, 5.41) is 13.4. The van der Waals surface area contributed by atoms with Gasteiger partial charge in [0.15, 0.2) is 11.8 Å². The first-order valence-corrected chi connectivity index (χ1v) is 8.43. The Morgan fingerprint density at radius 3 is 2.84 bits per heavy atom. The maximum atomic E-state index is 4.66.